The second-order valence-electron chi connectivity index (χ2n) is 7.93. The van der Waals surface area contributed by atoms with E-state index in [9.17, 15) is 10.1 Å². The molecule has 0 bridgehead atoms. The molecule has 160 valence electrons. The number of benzene rings is 2. The van der Waals surface area contributed by atoms with Crippen LogP contribution in [0.25, 0.3) is 17.0 Å². The Morgan fingerprint density at radius 3 is 2.66 bits per heavy atom. The molecule has 0 fully saturated rings. The van der Waals surface area contributed by atoms with Crippen LogP contribution in [0.2, 0.25) is 0 Å². The van der Waals surface area contributed by atoms with Gasteiger partial charge in [-0.2, -0.15) is 5.26 Å². The number of aromatic nitrogens is 2. The van der Waals surface area contributed by atoms with Gasteiger partial charge in [0.1, 0.15) is 11.6 Å². The number of para-hydroxylation sites is 1. The van der Waals surface area contributed by atoms with Gasteiger partial charge < -0.3 is 14.9 Å². The number of nitrogens with zero attached hydrogens (tertiary/aromatic N) is 2. The lowest BCUT2D eigenvalue weighted by atomic mass is 10.1. The summed E-state index contributed by atoms with van der Waals surface area (Å²) in [7, 11) is 0. The van der Waals surface area contributed by atoms with Crippen molar-refractivity contribution < 1.29 is 4.79 Å². The summed E-state index contributed by atoms with van der Waals surface area (Å²) in [4.78, 5) is 15.9. The average Bonchev–Trinajstić information content (AvgIpc) is 3.34. The second-order valence-corrected chi connectivity index (χ2v) is 7.93. The topological polar surface area (TPSA) is 73.6 Å². The summed E-state index contributed by atoms with van der Waals surface area (Å²) >= 11 is 0. The van der Waals surface area contributed by atoms with Gasteiger partial charge in [-0.15, -0.1) is 0 Å². The Kier molecular flexibility index (Phi) is 6.23. The predicted octanol–water partition coefficient (Wildman–Crippen LogP) is 4.90. The SMILES string of the molecule is Cc1cc(/C=C(/C#N)C(=O)NCCc2c[nH]c3ccccc23)c(C)n1Cc1ccccc1. The van der Waals surface area contributed by atoms with Crippen LogP contribution in [0.4, 0.5) is 0 Å². The first-order valence-corrected chi connectivity index (χ1v) is 10.7. The normalized spacial score (nSPS) is 11.5. The number of aromatic amines is 1. The van der Waals surface area contributed by atoms with E-state index in [0.29, 0.717) is 13.0 Å². The third-order valence-corrected chi connectivity index (χ3v) is 5.82. The van der Waals surface area contributed by atoms with E-state index < -0.39 is 0 Å². The minimum absolute atomic E-state index is 0.115. The first-order valence-electron chi connectivity index (χ1n) is 10.7. The number of H-pyrrole nitrogens is 1. The first kappa shape index (κ1) is 21.2. The highest BCUT2D eigenvalue weighted by molar-refractivity contribution is 6.01. The third-order valence-electron chi connectivity index (χ3n) is 5.82. The van der Waals surface area contributed by atoms with E-state index >= 15 is 0 Å². The molecule has 5 heteroatoms. The Hall–Kier alpha value is -4.04. The average molecular weight is 423 g/mol. The number of nitriles is 1. The number of rotatable bonds is 7. The number of fused-ring (bicyclic) bond motifs is 1. The molecule has 0 radical (unpaired) electrons. The summed E-state index contributed by atoms with van der Waals surface area (Å²) in [5, 5.41) is 13.6. The predicted molar refractivity (Wildman–Crippen MR) is 128 cm³/mol. The summed E-state index contributed by atoms with van der Waals surface area (Å²) in [6, 6.07) is 22.4. The fraction of sp³-hybridized carbons (Fsp3) is 0.185. The first-order chi connectivity index (χ1) is 15.6. The minimum Gasteiger partial charge on any atom is -0.361 e. The van der Waals surface area contributed by atoms with E-state index in [-0.39, 0.29) is 11.5 Å². The Morgan fingerprint density at radius 2 is 1.88 bits per heavy atom. The van der Waals surface area contributed by atoms with E-state index in [1.165, 1.54) is 5.56 Å². The van der Waals surface area contributed by atoms with E-state index in [2.05, 4.69) is 39.1 Å². The Morgan fingerprint density at radius 1 is 1.12 bits per heavy atom. The third kappa shape index (κ3) is 4.50. The number of carbonyl (C=O) groups is 1. The highest BCUT2D eigenvalue weighted by atomic mass is 16.1. The van der Waals surface area contributed by atoms with E-state index in [0.717, 1.165) is 40.0 Å². The molecule has 0 unspecified atom stereocenters. The summed E-state index contributed by atoms with van der Waals surface area (Å²) < 4.78 is 2.20. The highest BCUT2D eigenvalue weighted by Gasteiger charge is 2.13. The van der Waals surface area contributed by atoms with E-state index in [1.807, 2.05) is 62.5 Å². The van der Waals surface area contributed by atoms with Crippen LogP contribution in [0.15, 0.2) is 72.4 Å². The lowest BCUT2D eigenvalue weighted by molar-refractivity contribution is -0.117. The lowest BCUT2D eigenvalue weighted by Gasteiger charge is -2.09. The number of nitrogens with one attached hydrogen (secondary N) is 2. The molecule has 0 atom stereocenters. The molecule has 0 spiro atoms. The Balaban J connectivity index is 1.45. The van der Waals surface area contributed by atoms with Gasteiger partial charge in [0, 0.05) is 41.6 Å². The second kappa shape index (κ2) is 9.40. The van der Waals surface area contributed by atoms with Crippen molar-refractivity contribution in [3.63, 3.8) is 0 Å². The molecule has 0 saturated heterocycles. The minimum atomic E-state index is -0.347. The summed E-state index contributed by atoms with van der Waals surface area (Å²) in [5.41, 5.74) is 6.57. The molecule has 2 aromatic heterocycles. The number of aryl methyl sites for hydroxylation is 1. The van der Waals surface area contributed by atoms with Crippen LogP contribution in [0.3, 0.4) is 0 Å². The van der Waals surface area contributed by atoms with Crippen molar-refractivity contribution in [3.05, 3.63) is 101 Å². The van der Waals surface area contributed by atoms with Gasteiger partial charge >= 0.3 is 0 Å². The van der Waals surface area contributed by atoms with Crippen LogP contribution in [-0.2, 0) is 17.8 Å². The van der Waals surface area contributed by atoms with Gasteiger partial charge in [-0.25, -0.2) is 0 Å². The molecule has 0 aliphatic heterocycles. The van der Waals surface area contributed by atoms with Gasteiger partial charge in [-0.3, -0.25) is 4.79 Å². The summed E-state index contributed by atoms with van der Waals surface area (Å²) in [5.74, 6) is -0.347. The number of hydrogen-bond donors (Lipinski definition) is 2. The molecule has 0 aliphatic rings. The van der Waals surface area contributed by atoms with Crippen molar-refractivity contribution in [2.75, 3.05) is 6.54 Å². The van der Waals surface area contributed by atoms with Crippen molar-refractivity contribution in [1.29, 1.82) is 5.26 Å². The van der Waals surface area contributed by atoms with Crippen molar-refractivity contribution in [2.45, 2.75) is 26.8 Å². The van der Waals surface area contributed by atoms with Crippen molar-refractivity contribution >= 4 is 22.9 Å². The lowest BCUT2D eigenvalue weighted by Crippen LogP contribution is -2.26. The molecular formula is C27H26N4O. The molecule has 0 saturated carbocycles. The van der Waals surface area contributed by atoms with Gasteiger partial charge in [0.2, 0.25) is 0 Å². The Bertz CT molecular complexity index is 1320. The fourth-order valence-electron chi connectivity index (χ4n) is 4.03. The largest absolute Gasteiger partial charge is 0.361 e. The maximum absolute atomic E-state index is 12.6. The summed E-state index contributed by atoms with van der Waals surface area (Å²) in [6.45, 7) is 5.28. The molecule has 4 aromatic rings. The van der Waals surface area contributed by atoms with Gasteiger partial charge in [-0.05, 0) is 55.2 Å². The quantitative estimate of drug-likeness (QED) is 0.328. The standard InChI is InChI=1S/C27H26N4O/c1-19-14-23(20(2)31(19)18-21-8-4-3-5-9-21)15-24(16-28)27(32)29-13-12-22-17-30-26-11-7-6-10-25(22)26/h3-11,14-15,17,30H,12-13,18H2,1-2H3,(H,29,32)/b24-15-. The molecule has 5 nitrogen and oxygen atoms in total. The zero-order valence-corrected chi connectivity index (χ0v) is 18.4. The van der Waals surface area contributed by atoms with Crippen molar-refractivity contribution in [3.8, 4) is 6.07 Å². The summed E-state index contributed by atoms with van der Waals surface area (Å²) in [6.07, 6.45) is 4.35. The van der Waals surface area contributed by atoms with Crippen LogP contribution >= 0.6 is 0 Å². The number of amides is 1. The van der Waals surface area contributed by atoms with Crippen molar-refractivity contribution in [1.82, 2.24) is 14.9 Å². The maximum atomic E-state index is 12.6. The van der Waals surface area contributed by atoms with E-state index in [4.69, 9.17) is 0 Å². The number of carbonyl (C=O) groups excluding carboxylic acids is 1. The van der Waals surface area contributed by atoms with Crippen LogP contribution in [0.5, 0.6) is 0 Å². The highest BCUT2D eigenvalue weighted by Crippen LogP contribution is 2.20. The van der Waals surface area contributed by atoms with Crippen LogP contribution in [0.1, 0.15) is 28.1 Å². The zero-order chi connectivity index (χ0) is 22.5. The molecule has 2 N–H and O–H groups in total. The monoisotopic (exact) mass is 422 g/mol. The molecule has 0 aliphatic carbocycles. The molecular weight excluding hydrogens is 396 g/mol. The van der Waals surface area contributed by atoms with E-state index in [1.54, 1.807) is 6.08 Å². The Labute approximate surface area is 188 Å². The molecule has 2 heterocycles. The fourth-order valence-corrected chi connectivity index (χ4v) is 4.03. The van der Waals surface area contributed by atoms with Crippen molar-refractivity contribution in [2.24, 2.45) is 0 Å². The van der Waals surface area contributed by atoms with Crippen LogP contribution in [0, 0.1) is 25.2 Å². The number of hydrogen-bond acceptors (Lipinski definition) is 2. The smallest absolute Gasteiger partial charge is 0.261 e. The maximum Gasteiger partial charge on any atom is 0.261 e. The van der Waals surface area contributed by atoms with Crippen LogP contribution < -0.4 is 5.32 Å². The zero-order valence-electron chi connectivity index (χ0n) is 18.4. The molecule has 4 rings (SSSR count). The van der Waals surface area contributed by atoms with Gasteiger partial charge in [-0.1, -0.05) is 48.5 Å². The van der Waals surface area contributed by atoms with Gasteiger partial charge in [0.25, 0.3) is 5.91 Å². The van der Waals surface area contributed by atoms with Gasteiger partial charge in [0.15, 0.2) is 0 Å². The molecule has 2 aromatic carbocycles. The van der Waals surface area contributed by atoms with Gasteiger partial charge in [0.05, 0.1) is 0 Å². The van der Waals surface area contributed by atoms with Crippen LogP contribution in [-0.4, -0.2) is 22.0 Å². The molecule has 32 heavy (non-hydrogen) atoms. The molecule has 1 amide bonds.